The molecule has 0 radical (unpaired) electrons. The van der Waals surface area contributed by atoms with E-state index in [0.29, 0.717) is 24.5 Å². The third-order valence-corrected chi connectivity index (χ3v) is 4.50. The molecule has 3 atom stereocenters. The smallest absolute Gasteiger partial charge is 1.00 e. The molecule has 1 heterocycles. The van der Waals surface area contributed by atoms with Gasteiger partial charge in [-0.1, -0.05) is 12.8 Å². The molecule has 6 heteroatoms. The second kappa shape index (κ2) is 7.91. The van der Waals surface area contributed by atoms with Crippen LogP contribution in [0.1, 0.15) is 46.4 Å². The van der Waals surface area contributed by atoms with Gasteiger partial charge in [0.1, 0.15) is 6.04 Å². The summed E-state index contributed by atoms with van der Waals surface area (Å²) in [7, 11) is 0. The molecule has 2 fully saturated rings. The average molecular weight is 295 g/mol. The van der Waals surface area contributed by atoms with Gasteiger partial charge in [-0.3, -0.25) is 4.79 Å². The van der Waals surface area contributed by atoms with Crippen molar-refractivity contribution in [3.05, 3.63) is 0 Å². The Labute approximate surface area is 143 Å². The van der Waals surface area contributed by atoms with Crippen LogP contribution in [0, 0.1) is 5.92 Å². The molecule has 104 valence electrons. The number of thiol groups is 1. The van der Waals surface area contributed by atoms with E-state index in [1.54, 1.807) is 4.90 Å². The first-order valence-electron chi connectivity index (χ1n) is 6.80. The Morgan fingerprint density at radius 2 is 1.89 bits per heavy atom. The zero-order valence-electron chi connectivity index (χ0n) is 12.5. The number of carbonyl (C=O) groups is 2. The second-order valence-corrected chi connectivity index (χ2v) is 5.77. The standard InChI is InChI=1S/C13H21NO3S.Na.H/c15-12(7-8-18)14-10-4-2-1-3-9(10)5-6-11(14)13(16)17;;/h9-11,18H,1-8H2,(H,16,17);;/q;+1;-1. The second-order valence-electron chi connectivity index (χ2n) is 5.32. The number of fused-ring (bicyclic) bond motifs is 1. The van der Waals surface area contributed by atoms with Gasteiger partial charge < -0.3 is 11.4 Å². The van der Waals surface area contributed by atoms with Gasteiger partial charge in [0.25, 0.3) is 0 Å². The molecular formula is C13H22NNaO3S. The molecule has 1 amide bonds. The van der Waals surface area contributed by atoms with Crippen LogP contribution in [0.4, 0.5) is 0 Å². The van der Waals surface area contributed by atoms with E-state index in [-0.39, 0.29) is 42.9 Å². The molecule has 0 aromatic carbocycles. The van der Waals surface area contributed by atoms with Gasteiger partial charge in [-0.05, 0) is 37.4 Å². The molecule has 1 N–H and O–H groups in total. The van der Waals surface area contributed by atoms with Crippen LogP contribution in [0.25, 0.3) is 0 Å². The first-order valence-corrected chi connectivity index (χ1v) is 7.43. The van der Waals surface area contributed by atoms with Crippen molar-refractivity contribution >= 4 is 24.5 Å². The minimum atomic E-state index is -0.855. The predicted molar refractivity (Wildman–Crippen MR) is 72.8 cm³/mol. The van der Waals surface area contributed by atoms with Crippen molar-refractivity contribution in [3.63, 3.8) is 0 Å². The molecule has 0 bridgehead atoms. The SMILES string of the molecule is O=C(O)C1CCC2CCCCC2N1C(=O)CCS.[H-].[Na+]. The quantitative estimate of drug-likeness (QED) is 0.522. The van der Waals surface area contributed by atoms with Crippen LogP contribution in [-0.2, 0) is 9.59 Å². The van der Waals surface area contributed by atoms with Gasteiger partial charge in [0, 0.05) is 12.5 Å². The summed E-state index contributed by atoms with van der Waals surface area (Å²) in [6, 6.07) is -0.460. The summed E-state index contributed by atoms with van der Waals surface area (Å²) in [5, 5.41) is 9.30. The number of rotatable bonds is 3. The summed E-state index contributed by atoms with van der Waals surface area (Å²) >= 11 is 4.08. The number of piperidine rings is 1. The number of carboxylic acid groups (broad SMARTS) is 1. The fourth-order valence-electron chi connectivity index (χ4n) is 3.46. The van der Waals surface area contributed by atoms with Crippen molar-refractivity contribution in [3.8, 4) is 0 Å². The summed E-state index contributed by atoms with van der Waals surface area (Å²) < 4.78 is 0. The van der Waals surface area contributed by atoms with Gasteiger partial charge >= 0.3 is 35.5 Å². The summed E-state index contributed by atoms with van der Waals surface area (Å²) in [5.74, 6) is 0.109. The maximum absolute atomic E-state index is 12.2. The largest absolute Gasteiger partial charge is 1.00 e. The summed E-state index contributed by atoms with van der Waals surface area (Å²) in [4.78, 5) is 25.2. The minimum absolute atomic E-state index is 0. The van der Waals surface area contributed by atoms with Gasteiger partial charge in [-0.2, -0.15) is 12.6 Å². The van der Waals surface area contributed by atoms with Crippen LogP contribution < -0.4 is 29.6 Å². The van der Waals surface area contributed by atoms with Crippen LogP contribution in [-0.4, -0.2) is 39.7 Å². The Morgan fingerprint density at radius 1 is 1.21 bits per heavy atom. The third kappa shape index (κ3) is 3.90. The van der Waals surface area contributed by atoms with E-state index >= 15 is 0 Å². The number of nitrogens with zero attached hydrogens (tertiary/aromatic N) is 1. The van der Waals surface area contributed by atoms with E-state index in [9.17, 15) is 14.7 Å². The Balaban J connectivity index is 0.00000180. The molecule has 1 saturated heterocycles. The van der Waals surface area contributed by atoms with E-state index in [4.69, 9.17) is 0 Å². The fraction of sp³-hybridized carbons (Fsp3) is 0.846. The van der Waals surface area contributed by atoms with Crippen molar-refractivity contribution < 1.29 is 45.7 Å². The molecular weight excluding hydrogens is 273 g/mol. The Kier molecular flexibility index (Phi) is 7.22. The normalized spacial score (nSPS) is 30.2. The van der Waals surface area contributed by atoms with Crippen molar-refractivity contribution in [2.45, 2.75) is 57.0 Å². The topological polar surface area (TPSA) is 57.6 Å². The van der Waals surface area contributed by atoms with E-state index in [2.05, 4.69) is 12.6 Å². The van der Waals surface area contributed by atoms with E-state index in [0.717, 1.165) is 25.7 Å². The Morgan fingerprint density at radius 3 is 2.53 bits per heavy atom. The molecule has 1 saturated carbocycles. The maximum Gasteiger partial charge on any atom is 1.00 e. The minimum Gasteiger partial charge on any atom is -1.00 e. The number of likely N-dealkylation sites (tertiary alicyclic amines) is 1. The van der Waals surface area contributed by atoms with Crippen LogP contribution in [0.3, 0.4) is 0 Å². The number of hydrogen-bond acceptors (Lipinski definition) is 3. The molecule has 1 aliphatic carbocycles. The molecule has 4 nitrogen and oxygen atoms in total. The third-order valence-electron chi connectivity index (χ3n) is 4.27. The first kappa shape index (κ1) is 17.3. The predicted octanol–water partition coefficient (Wildman–Crippen LogP) is -0.943. The molecule has 0 spiro atoms. The zero-order valence-corrected chi connectivity index (χ0v) is 14.4. The van der Waals surface area contributed by atoms with Crippen LogP contribution in [0.5, 0.6) is 0 Å². The van der Waals surface area contributed by atoms with Gasteiger partial charge in [0.05, 0.1) is 0 Å². The van der Waals surface area contributed by atoms with Crippen molar-refractivity contribution in [1.29, 1.82) is 0 Å². The summed E-state index contributed by atoms with van der Waals surface area (Å²) in [5.41, 5.74) is 0. The Hall–Kier alpha value is 0.290. The number of hydrogen-bond donors (Lipinski definition) is 2. The number of amides is 1. The van der Waals surface area contributed by atoms with Crippen molar-refractivity contribution in [2.75, 3.05) is 5.75 Å². The van der Waals surface area contributed by atoms with E-state index < -0.39 is 12.0 Å². The van der Waals surface area contributed by atoms with Gasteiger partial charge in [-0.25, -0.2) is 4.79 Å². The molecule has 3 unspecified atom stereocenters. The maximum atomic E-state index is 12.2. The molecule has 0 aromatic heterocycles. The van der Waals surface area contributed by atoms with Crippen molar-refractivity contribution in [2.24, 2.45) is 5.92 Å². The molecule has 19 heavy (non-hydrogen) atoms. The van der Waals surface area contributed by atoms with Crippen LogP contribution in [0.15, 0.2) is 0 Å². The van der Waals surface area contributed by atoms with Gasteiger partial charge in [0.2, 0.25) is 5.91 Å². The summed E-state index contributed by atoms with van der Waals surface area (Å²) in [6.07, 6.45) is 6.33. The molecule has 2 rings (SSSR count). The first-order chi connectivity index (χ1) is 8.65. The van der Waals surface area contributed by atoms with Gasteiger partial charge in [0.15, 0.2) is 0 Å². The van der Waals surface area contributed by atoms with Crippen LogP contribution >= 0.6 is 12.6 Å². The number of carboxylic acids is 1. The molecule has 1 aliphatic heterocycles. The molecule has 0 aromatic rings. The summed E-state index contributed by atoms with van der Waals surface area (Å²) in [6.45, 7) is 0. The van der Waals surface area contributed by atoms with Crippen molar-refractivity contribution in [1.82, 2.24) is 4.90 Å². The fourth-order valence-corrected chi connectivity index (χ4v) is 3.65. The molecule has 2 aliphatic rings. The van der Waals surface area contributed by atoms with Crippen LogP contribution in [0.2, 0.25) is 0 Å². The average Bonchev–Trinajstić information content (AvgIpc) is 2.37. The monoisotopic (exact) mass is 295 g/mol. The van der Waals surface area contributed by atoms with E-state index in [1.807, 2.05) is 0 Å². The van der Waals surface area contributed by atoms with E-state index in [1.165, 1.54) is 6.42 Å². The van der Waals surface area contributed by atoms with Gasteiger partial charge in [-0.15, -0.1) is 0 Å². The number of aliphatic carboxylic acids is 1. The Bertz CT molecular complexity index is 346. The zero-order chi connectivity index (χ0) is 13.1. The number of carbonyl (C=O) groups excluding carboxylic acids is 1.